The van der Waals surface area contributed by atoms with Crippen molar-refractivity contribution in [1.82, 2.24) is 9.97 Å². The van der Waals surface area contributed by atoms with Gasteiger partial charge in [-0.1, -0.05) is 29.8 Å². The summed E-state index contributed by atoms with van der Waals surface area (Å²) in [5, 5.41) is 11.4. The minimum atomic E-state index is -1.44. The van der Waals surface area contributed by atoms with Gasteiger partial charge in [0.15, 0.2) is 11.5 Å². The van der Waals surface area contributed by atoms with E-state index in [9.17, 15) is 5.11 Å². The van der Waals surface area contributed by atoms with Gasteiger partial charge < -0.3 is 19.6 Å². The van der Waals surface area contributed by atoms with Crippen LogP contribution in [0.4, 0.5) is 15.9 Å². The van der Waals surface area contributed by atoms with Gasteiger partial charge in [-0.05, 0) is 61.8 Å². The number of hydrogen-bond acceptors (Lipinski definition) is 6. The number of aliphatic hydroxyl groups is 1. The molecule has 0 bridgehead atoms. The lowest BCUT2D eigenvalue weighted by Crippen LogP contribution is -2.34. The quantitative estimate of drug-likeness (QED) is 0.523. The molecule has 3 aromatic rings. The SMILES string of the molecule is COc1ccccc1C1CCN(c2nc(C3(F)CC3)nc3c(Cl)cc(N4CC[C@H](O)C4)cc23)CC1. The van der Waals surface area contributed by atoms with Crippen LogP contribution in [0.25, 0.3) is 10.9 Å². The lowest BCUT2D eigenvalue weighted by atomic mass is 9.88. The number of aromatic nitrogens is 2. The number of nitrogens with zero attached hydrogens (tertiary/aromatic N) is 4. The molecule has 184 valence electrons. The molecule has 3 aliphatic rings. The molecule has 1 atom stereocenters. The van der Waals surface area contributed by atoms with Gasteiger partial charge >= 0.3 is 0 Å². The van der Waals surface area contributed by atoms with E-state index in [1.807, 2.05) is 18.2 Å². The van der Waals surface area contributed by atoms with E-state index in [0.29, 0.717) is 35.8 Å². The summed E-state index contributed by atoms with van der Waals surface area (Å²) in [6, 6.07) is 12.2. The predicted octanol–water partition coefficient (Wildman–Crippen LogP) is 5.21. The summed E-state index contributed by atoms with van der Waals surface area (Å²) in [7, 11) is 1.72. The first kappa shape index (κ1) is 22.8. The van der Waals surface area contributed by atoms with Crippen LogP contribution in [0.3, 0.4) is 0 Å². The number of alkyl halides is 1. The molecule has 8 heteroatoms. The molecular weight excluding hydrogens is 467 g/mol. The first-order valence-corrected chi connectivity index (χ1v) is 12.8. The van der Waals surface area contributed by atoms with Gasteiger partial charge in [0.2, 0.25) is 0 Å². The molecule has 1 saturated carbocycles. The Kier molecular flexibility index (Phi) is 5.72. The second-order valence-electron chi connectivity index (χ2n) is 10.1. The average molecular weight is 497 g/mol. The zero-order valence-electron chi connectivity index (χ0n) is 19.9. The maximum absolute atomic E-state index is 15.1. The zero-order valence-corrected chi connectivity index (χ0v) is 20.6. The van der Waals surface area contributed by atoms with Crippen LogP contribution in [-0.2, 0) is 5.67 Å². The predicted molar refractivity (Wildman–Crippen MR) is 137 cm³/mol. The van der Waals surface area contributed by atoms with Crippen molar-refractivity contribution >= 4 is 34.0 Å². The third kappa shape index (κ3) is 4.19. The van der Waals surface area contributed by atoms with Crippen LogP contribution in [-0.4, -0.2) is 54.5 Å². The van der Waals surface area contributed by atoms with Crippen LogP contribution in [0.5, 0.6) is 5.75 Å². The first-order chi connectivity index (χ1) is 16.9. The maximum atomic E-state index is 15.1. The Morgan fingerprint density at radius 3 is 2.49 bits per heavy atom. The van der Waals surface area contributed by atoms with E-state index in [-0.39, 0.29) is 11.9 Å². The number of hydrogen-bond donors (Lipinski definition) is 1. The Morgan fingerprint density at radius 2 is 1.80 bits per heavy atom. The van der Waals surface area contributed by atoms with Crippen LogP contribution in [0.2, 0.25) is 5.02 Å². The van der Waals surface area contributed by atoms with E-state index in [1.54, 1.807) is 7.11 Å². The summed E-state index contributed by atoms with van der Waals surface area (Å²) in [5.41, 5.74) is 1.34. The van der Waals surface area contributed by atoms with Crippen LogP contribution < -0.4 is 14.5 Å². The van der Waals surface area contributed by atoms with E-state index in [0.717, 1.165) is 61.5 Å². The summed E-state index contributed by atoms with van der Waals surface area (Å²) < 4.78 is 20.7. The van der Waals surface area contributed by atoms with Gasteiger partial charge in [0.25, 0.3) is 0 Å². The Hall–Kier alpha value is -2.64. The molecule has 1 aromatic heterocycles. The Balaban J connectivity index is 1.36. The van der Waals surface area contributed by atoms with Crippen molar-refractivity contribution in [1.29, 1.82) is 0 Å². The number of piperidine rings is 1. The number of ether oxygens (including phenoxy) is 1. The molecule has 2 saturated heterocycles. The fraction of sp³-hybridized carbons (Fsp3) is 0.481. The van der Waals surface area contributed by atoms with Gasteiger partial charge in [0, 0.05) is 37.3 Å². The topological polar surface area (TPSA) is 61.7 Å². The van der Waals surface area contributed by atoms with E-state index in [2.05, 4.69) is 33.0 Å². The Labute approximate surface area is 209 Å². The molecule has 2 aliphatic heterocycles. The van der Waals surface area contributed by atoms with Gasteiger partial charge in [-0.3, -0.25) is 0 Å². The monoisotopic (exact) mass is 496 g/mol. The summed E-state index contributed by atoms with van der Waals surface area (Å²) in [6.45, 7) is 2.96. The molecule has 35 heavy (non-hydrogen) atoms. The van der Waals surface area contributed by atoms with Crippen molar-refractivity contribution in [3.8, 4) is 5.75 Å². The normalized spacial score (nSPS) is 22.1. The molecule has 3 heterocycles. The highest BCUT2D eigenvalue weighted by molar-refractivity contribution is 6.35. The molecular formula is C27H30ClFN4O2. The lowest BCUT2D eigenvalue weighted by molar-refractivity contribution is 0.198. The van der Waals surface area contributed by atoms with Gasteiger partial charge in [-0.15, -0.1) is 0 Å². The van der Waals surface area contributed by atoms with Gasteiger partial charge in [0.1, 0.15) is 11.6 Å². The van der Waals surface area contributed by atoms with E-state index < -0.39 is 5.67 Å². The first-order valence-electron chi connectivity index (χ1n) is 12.5. The fourth-order valence-corrected chi connectivity index (χ4v) is 5.76. The highest BCUT2D eigenvalue weighted by Gasteiger charge is 2.48. The number of anilines is 2. The number of benzene rings is 2. The smallest absolute Gasteiger partial charge is 0.170 e. The van der Waals surface area contributed by atoms with Crippen molar-refractivity contribution in [2.45, 2.75) is 49.8 Å². The Morgan fingerprint density at radius 1 is 1.06 bits per heavy atom. The van der Waals surface area contributed by atoms with Crippen LogP contribution >= 0.6 is 11.6 Å². The van der Waals surface area contributed by atoms with Crippen molar-refractivity contribution in [3.05, 3.63) is 52.8 Å². The van der Waals surface area contributed by atoms with E-state index in [4.69, 9.17) is 21.3 Å². The molecule has 6 rings (SSSR count). The molecule has 1 N–H and O–H groups in total. The van der Waals surface area contributed by atoms with E-state index in [1.165, 1.54) is 5.56 Å². The highest BCUT2D eigenvalue weighted by atomic mass is 35.5. The van der Waals surface area contributed by atoms with Crippen molar-refractivity contribution in [2.24, 2.45) is 0 Å². The summed E-state index contributed by atoms with van der Waals surface area (Å²) in [6.07, 6.45) is 3.21. The second-order valence-corrected chi connectivity index (χ2v) is 10.5. The van der Waals surface area contributed by atoms with E-state index >= 15 is 4.39 Å². The van der Waals surface area contributed by atoms with Crippen molar-refractivity contribution in [3.63, 3.8) is 0 Å². The summed E-state index contributed by atoms with van der Waals surface area (Å²) in [4.78, 5) is 13.8. The van der Waals surface area contributed by atoms with Crippen molar-refractivity contribution < 1.29 is 14.2 Å². The maximum Gasteiger partial charge on any atom is 0.170 e. The number of para-hydroxylation sites is 1. The van der Waals surface area contributed by atoms with Gasteiger partial charge in [-0.2, -0.15) is 0 Å². The minimum Gasteiger partial charge on any atom is -0.496 e. The fourth-order valence-electron chi connectivity index (χ4n) is 5.50. The summed E-state index contributed by atoms with van der Waals surface area (Å²) >= 11 is 6.73. The second kappa shape index (κ2) is 8.79. The molecule has 0 spiro atoms. The Bertz CT molecular complexity index is 1260. The molecule has 1 aliphatic carbocycles. The highest BCUT2D eigenvalue weighted by Crippen LogP contribution is 2.49. The molecule has 3 fully saturated rings. The van der Waals surface area contributed by atoms with Gasteiger partial charge in [0.05, 0.1) is 23.8 Å². The number of methoxy groups -OCH3 is 1. The largest absolute Gasteiger partial charge is 0.496 e. The molecule has 0 amide bonds. The number of β-amino-alcohol motifs (C(OH)–C–C–N with tert-alkyl or cyclic N) is 1. The van der Waals surface area contributed by atoms with Crippen LogP contribution in [0.15, 0.2) is 36.4 Å². The standard InChI is InChI=1S/C27H30ClFN4O2/c1-35-23-5-3-2-4-20(23)17-6-11-32(12-7-17)25-21-14-18(33-13-8-19(34)16-33)15-22(28)24(21)30-26(31-25)27(29)9-10-27/h2-5,14-15,17,19,34H,6-13,16H2,1H3/t19-/m0/s1. The molecule has 0 radical (unpaired) electrons. The zero-order chi connectivity index (χ0) is 24.2. The lowest BCUT2D eigenvalue weighted by Gasteiger charge is -2.34. The number of aliphatic hydroxyl groups excluding tert-OH is 1. The summed E-state index contributed by atoms with van der Waals surface area (Å²) in [5.74, 6) is 2.34. The number of rotatable bonds is 5. The van der Waals surface area contributed by atoms with Gasteiger partial charge in [-0.25, -0.2) is 14.4 Å². The van der Waals surface area contributed by atoms with Crippen LogP contribution in [0.1, 0.15) is 49.4 Å². The molecule has 0 unspecified atom stereocenters. The van der Waals surface area contributed by atoms with Crippen LogP contribution in [0, 0.1) is 0 Å². The number of fused-ring (bicyclic) bond motifs is 1. The third-order valence-corrected chi connectivity index (χ3v) is 8.00. The third-order valence-electron chi connectivity index (χ3n) is 7.71. The minimum absolute atomic E-state index is 0.248. The van der Waals surface area contributed by atoms with Crippen molar-refractivity contribution in [2.75, 3.05) is 43.1 Å². The molecule has 6 nitrogen and oxygen atoms in total. The number of halogens is 2. The average Bonchev–Trinajstić information content (AvgIpc) is 3.49. The molecule has 2 aromatic carbocycles.